The highest BCUT2D eigenvalue weighted by molar-refractivity contribution is 7.12. The van der Waals surface area contributed by atoms with Gasteiger partial charge in [-0.15, -0.1) is 11.3 Å². The molecule has 0 amide bonds. The van der Waals surface area contributed by atoms with Crippen LogP contribution in [0.15, 0.2) is 29.3 Å². The Balaban J connectivity index is 2.67. The molecular formula is C19H23F3N2O2S. The van der Waals surface area contributed by atoms with Crippen molar-refractivity contribution in [1.29, 1.82) is 0 Å². The lowest BCUT2D eigenvalue weighted by atomic mass is 9.89. The molecule has 4 nitrogen and oxygen atoms in total. The van der Waals surface area contributed by atoms with Gasteiger partial charge in [-0.2, -0.15) is 13.2 Å². The number of aliphatic imine (C=N–C) groups is 1. The van der Waals surface area contributed by atoms with Crippen LogP contribution < -0.4 is 4.74 Å². The average molecular weight is 400 g/mol. The fourth-order valence-corrected chi connectivity index (χ4v) is 3.56. The lowest BCUT2D eigenvalue weighted by molar-refractivity contribution is -0.247. The van der Waals surface area contributed by atoms with E-state index in [1.54, 1.807) is 26.3 Å². The van der Waals surface area contributed by atoms with Crippen LogP contribution in [-0.4, -0.2) is 43.2 Å². The second kappa shape index (κ2) is 7.90. The first-order valence-corrected chi connectivity index (χ1v) is 9.15. The number of nitrogens with zero attached hydrogens (tertiary/aromatic N) is 2. The van der Waals surface area contributed by atoms with Gasteiger partial charge in [-0.1, -0.05) is 0 Å². The molecular weight excluding hydrogens is 377 g/mol. The first-order valence-electron chi connectivity index (χ1n) is 8.34. The van der Waals surface area contributed by atoms with Gasteiger partial charge in [-0.3, -0.25) is 0 Å². The number of aryl methyl sites for hydroxylation is 2. The number of halogens is 3. The number of ether oxygens (including phenoxy) is 1. The SMILES string of the molecule is CCN(C)/C=N/c1cc(OC)c(C(O)(c2ccc(C)s2)C(F)(F)F)cc1C. The van der Waals surface area contributed by atoms with Crippen LogP contribution in [0.25, 0.3) is 0 Å². The lowest BCUT2D eigenvalue weighted by Crippen LogP contribution is -2.43. The molecule has 1 N–H and O–H groups in total. The van der Waals surface area contributed by atoms with Crippen molar-refractivity contribution in [2.45, 2.75) is 32.5 Å². The largest absolute Gasteiger partial charge is 0.496 e. The van der Waals surface area contributed by atoms with Crippen LogP contribution in [0.2, 0.25) is 0 Å². The number of benzene rings is 1. The average Bonchev–Trinajstić information content (AvgIpc) is 3.05. The van der Waals surface area contributed by atoms with Gasteiger partial charge >= 0.3 is 6.18 Å². The fourth-order valence-electron chi connectivity index (χ4n) is 2.56. The van der Waals surface area contributed by atoms with E-state index in [-0.39, 0.29) is 16.2 Å². The Morgan fingerprint density at radius 3 is 2.41 bits per heavy atom. The van der Waals surface area contributed by atoms with Crippen molar-refractivity contribution in [2.75, 3.05) is 20.7 Å². The number of methoxy groups -OCH3 is 1. The number of hydrogen-bond acceptors (Lipinski definition) is 4. The van der Waals surface area contributed by atoms with Gasteiger partial charge in [0.15, 0.2) is 0 Å². The Morgan fingerprint density at radius 1 is 1.26 bits per heavy atom. The van der Waals surface area contributed by atoms with Crippen molar-refractivity contribution >= 4 is 23.4 Å². The normalized spacial score (nSPS) is 14.4. The maximum Gasteiger partial charge on any atom is 0.426 e. The molecule has 0 bridgehead atoms. The zero-order chi connectivity index (χ0) is 20.4. The summed E-state index contributed by atoms with van der Waals surface area (Å²) < 4.78 is 47.2. The molecule has 1 unspecified atom stereocenters. The maximum absolute atomic E-state index is 14.0. The van der Waals surface area contributed by atoms with Crippen LogP contribution in [0.5, 0.6) is 5.75 Å². The van der Waals surface area contributed by atoms with E-state index in [1.807, 2.05) is 18.9 Å². The van der Waals surface area contributed by atoms with Gasteiger partial charge in [-0.25, -0.2) is 4.99 Å². The molecule has 0 saturated heterocycles. The minimum absolute atomic E-state index is 0.0715. The van der Waals surface area contributed by atoms with Gasteiger partial charge in [-0.05, 0) is 44.5 Å². The van der Waals surface area contributed by atoms with Crippen molar-refractivity contribution in [2.24, 2.45) is 4.99 Å². The Bertz CT molecular complexity index is 833. The van der Waals surface area contributed by atoms with E-state index in [0.29, 0.717) is 16.1 Å². The van der Waals surface area contributed by atoms with Gasteiger partial charge in [0.2, 0.25) is 5.60 Å². The maximum atomic E-state index is 14.0. The first-order chi connectivity index (χ1) is 12.5. The Labute approximate surface area is 160 Å². The molecule has 0 fully saturated rings. The van der Waals surface area contributed by atoms with Gasteiger partial charge in [0.05, 0.1) is 24.0 Å². The summed E-state index contributed by atoms with van der Waals surface area (Å²) in [5, 5.41) is 10.8. The molecule has 1 heterocycles. The predicted octanol–water partition coefficient (Wildman–Crippen LogP) is 4.78. The molecule has 0 saturated carbocycles. The van der Waals surface area contributed by atoms with E-state index in [2.05, 4.69) is 4.99 Å². The summed E-state index contributed by atoms with van der Waals surface area (Å²) in [7, 11) is 3.11. The molecule has 1 atom stereocenters. The zero-order valence-electron chi connectivity index (χ0n) is 15.9. The molecule has 8 heteroatoms. The molecule has 0 aliphatic rings. The summed E-state index contributed by atoms with van der Waals surface area (Å²) in [6.07, 6.45) is -3.32. The Hall–Kier alpha value is -2.06. The number of hydrogen-bond donors (Lipinski definition) is 1. The summed E-state index contributed by atoms with van der Waals surface area (Å²) in [6, 6.07) is 5.56. The predicted molar refractivity (Wildman–Crippen MR) is 102 cm³/mol. The van der Waals surface area contributed by atoms with E-state index in [1.165, 1.54) is 25.3 Å². The molecule has 1 aromatic heterocycles. The minimum atomic E-state index is -4.92. The summed E-state index contributed by atoms with van der Waals surface area (Å²) >= 11 is 0.901. The van der Waals surface area contributed by atoms with Crippen molar-refractivity contribution in [3.05, 3.63) is 45.1 Å². The standard InChI is InChI=1S/C19H23F3N2O2S/c1-6-24(4)11-23-15-10-16(26-5)14(9-12(15)2)18(25,19(20,21)22)17-8-7-13(3)27-17/h7-11,25H,6H2,1-5H3/b23-11+. The molecule has 2 aromatic rings. The first kappa shape index (κ1) is 21.2. The van der Waals surface area contributed by atoms with Gasteiger partial charge < -0.3 is 14.7 Å². The third-order valence-corrected chi connectivity index (χ3v) is 5.42. The second-order valence-corrected chi connectivity index (χ2v) is 7.56. The zero-order valence-corrected chi connectivity index (χ0v) is 16.7. The molecule has 0 aliphatic heterocycles. The topological polar surface area (TPSA) is 45.1 Å². The van der Waals surface area contributed by atoms with E-state index in [9.17, 15) is 18.3 Å². The van der Waals surface area contributed by atoms with Gasteiger partial charge in [0, 0.05) is 30.1 Å². The van der Waals surface area contributed by atoms with Crippen molar-refractivity contribution < 1.29 is 23.0 Å². The highest BCUT2D eigenvalue weighted by Crippen LogP contribution is 2.50. The van der Waals surface area contributed by atoms with E-state index in [0.717, 1.165) is 17.9 Å². The highest BCUT2D eigenvalue weighted by atomic mass is 32.1. The van der Waals surface area contributed by atoms with Gasteiger partial charge in [0.1, 0.15) is 5.75 Å². The molecule has 148 valence electrons. The van der Waals surface area contributed by atoms with Crippen LogP contribution in [0.1, 0.15) is 27.8 Å². The van der Waals surface area contributed by atoms with Crippen LogP contribution in [0.3, 0.4) is 0 Å². The fraction of sp³-hybridized carbons (Fsp3) is 0.421. The monoisotopic (exact) mass is 400 g/mol. The summed E-state index contributed by atoms with van der Waals surface area (Å²) in [4.78, 5) is 6.61. The number of aliphatic hydroxyl groups is 1. The summed E-state index contributed by atoms with van der Waals surface area (Å²) in [6.45, 7) is 6.03. The Kier molecular flexibility index (Phi) is 6.21. The summed E-state index contributed by atoms with van der Waals surface area (Å²) in [5.41, 5.74) is -2.53. The van der Waals surface area contributed by atoms with E-state index >= 15 is 0 Å². The number of thiophene rings is 1. The van der Waals surface area contributed by atoms with Crippen LogP contribution >= 0.6 is 11.3 Å². The highest BCUT2D eigenvalue weighted by Gasteiger charge is 2.58. The summed E-state index contributed by atoms with van der Waals surface area (Å²) in [5.74, 6) is -0.0715. The molecule has 0 aliphatic carbocycles. The van der Waals surface area contributed by atoms with E-state index in [4.69, 9.17) is 4.74 Å². The third kappa shape index (κ3) is 4.11. The third-order valence-electron chi connectivity index (χ3n) is 4.31. The number of rotatable bonds is 6. The minimum Gasteiger partial charge on any atom is -0.496 e. The molecule has 2 rings (SSSR count). The smallest absolute Gasteiger partial charge is 0.426 e. The van der Waals surface area contributed by atoms with Crippen LogP contribution in [0.4, 0.5) is 18.9 Å². The second-order valence-electron chi connectivity index (χ2n) is 6.28. The van der Waals surface area contributed by atoms with Crippen LogP contribution in [0, 0.1) is 13.8 Å². The Morgan fingerprint density at radius 2 is 1.93 bits per heavy atom. The lowest BCUT2D eigenvalue weighted by Gasteiger charge is -2.31. The molecule has 0 radical (unpaired) electrons. The quantitative estimate of drug-likeness (QED) is 0.561. The molecule has 0 spiro atoms. The van der Waals surface area contributed by atoms with Crippen molar-refractivity contribution in [3.63, 3.8) is 0 Å². The van der Waals surface area contributed by atoms with Crippen molar-refractivity contribution in [3.8, 4) is 5.75 Å². The number of alkyl halides is 3. The van der Waals surface area contributed by atoms with Crippen molar-refractivity contribution in [1.82, 2.24) is 4.90 Å². The molecule has 1 aromatic carbocycles. The van der Waals surface area contributed by atoms with Gasteiger partial charge in [0.25, 0.3) is 0 Å². The molecule has 27 heavy (non-hydrogen) atoms. The van der Waals surface area contributed by atoms with Crippen LogP contribution in [-0.2, 0) is 5.60 Å². The van der Waals surface area contributed by atoms with E-state index < -0.39 is 11.8 Å².